The number of nitrogens with two attached hydrogens (primary N) is 1. The molecule has 9 heteroatoms. The minimum atomic E-state index is -0.449. The summed E-state index contributed by atoms with van der Waals surface area (Å²) in [6.45, 7) is -0.120. The van der Waals surface area contributed by atoms with Crippen LogP contribution in [0, 0.1) is 0 Å². The molecule has 0 unspecified atom stereocenters. The van der Waals surface area contributed by atoms with E-state index < -0.39 is 5.56 Å². The minimum absolute atomic E-state index is 0.0591. The van der Waals surface area contributed by atoms with E-state index in [2.05, 4.69) is 9.97 Å². The number of aromatic nitrogens is 3. The van der Waals surface area contributed by atoms with Crippen LogP contribution in [0.15, 0.2) is 9.59 Å². The van der Waals surface area contributed by atoms with Gasteiger partial charge in [-0.1, -0.05) is 11.3 Å². The summed E-state index contributed by atoms with van der Waals surface area (Å²) < 4.78 is 6.42. The number of ether oxygens (including phenoxy) is 1. The molecule has 0 aliphatic rings. The van der Waals surface area contributed by atoms with E-state index in [4.69, 9.17) is 15.6 Å². The topological polar surface area (TPSA) is 123 Å². The molecule has 0 saturated carbocycles. The molecule has 0 fully saturated rings. The number of hydrogen-bond acceptors (Lipinski definition) is 7. The summed E-state index contributed by atoms with van der Waals surface area (Å²) in [4.78, 5) is 28.9. The van der Waals surface area contributed by atoms with Crippen molar-refractivity contribution in [2.24, 2.45) is 0 Å². The predicted octanol–water partition coefficient (Wildman–Crippen LogP) is -1.31. The van der Waals surface area contributed by atoms with Gasteiger partial charge in [0.15, 0.2) is 5.65 Å². The van der Waals surface area contributed by atoms with Crippen LogP contribution >= 0.6 is 11.3 Å². The zero-order valence-corrected chi connectivity index (χ0v) is 9.49. The Labute approximate surface area is 98.3 Å². The Hall–Kier alpha value is -1.71. The molecule has 2 aromatic rings. The number of hydrogen-bond donors (Lipinski definition) is 3. The van der Waals surface area contributed by atoms with Crippen molar-refractivity contribution in [3.8, 4) is 0 Å². The zero-order valence-electron chi connectivity index (χ0n) is 8.67. The van der Waals surface area contributed by atoms with E-state index in [9.17, 15) is 9.59 Å². The Morgan fingerprint density at radius 3 is 3.00 bits per heavy atom. The number of nitrogen functional groups attached to an aromatic ring is 1. The molecule has 0 atom stereocenters. The molecule has 2 rings (SSSR count). The van der Waals surface area contributed by atoms with Gasteiger partial charge in [-0.05, 0) is 0 Å². The third kappa shape index (κ3) is 2.20. The number of anilines is 1. The second kappa shape index (κ2) is 4.65. The average molecular weight is 258 g/mol. The second-order valence-corrected chi connectivity index (χ2v) is 4.12. The van der Waals surface area contributed by atoms with Crippen LogP contribution in [0.2, 0.25) is 0 Å². The molecule has 0 aliphatic carbocycles. The van der Waals surface area contributed by atoms with Crippen LogP contribution in [-0.4, -0.2) is 32.9 Å². The number of nitrogens with zero attached hydrogens (tertiary/aromatic N) is 2. The monoisotopic (exact) mass is 258 g/mol. The van der Waals surface area contributed by atoms with Crippen LogP contribution in [0.25, 0.3) is 10.3 Å². The quantitative estimate of drug-likeness (QED) is 0.585. The van der Waals surface area contributed by atoms with E-state index in [0.717, 1.165) is 11.3 Å². The largest absolute Gasteiger partial charge is 0.394 e. The van der Waals surface area contributed by atoms with Crippen LogP contribution in [0.4, 0.5) is 5.95 Å². The maximum atomic E-state index is 11.6. The van der Waals surface area contributed by atoms with Crippen LogP contribution in [0.1, 0.15) is 0 Å². The van der Waals surface area contributed by atoms with Crippen LogP contribution < -0.4 is 16.2 Å². The van der Waals surface area contributed by atoms with Gasteiger partial charge in [-0.15, -0.1) is 0 Å². The molecule has 2 aromatic heterocycles. The number of rotatable bonds is 4. The first-order valence-electron chi connectivity index (χ1n) is 4.71. The summed E-state index contributed by atoms with van der Waals surface area (Å²) in [5, 5.41) is 8.57. The van der Waals surface area contributed by atoms with Crippen molar-refractivity contribution in [1.29, 1.82) is 0 Å². The normalized spacial score (nSPS) is 11.1. The molecular weight excluding hydrogens is 248 g/mol. The minimum Gasteiger partial charge on any atom is -0.394 e. The maximum Gasteiger partial charge on any atom is 0.311 e. The fraction of sp³-hybridized carbons (Fsp3) is 0.375. The number of aliphatic hydroxyl groups is 1. The van der Waals surface area contributed by atoms with Gasteiger partial charge in [0.1, 0.15) is 11.4 Å². The number of H-pyrrole nitrogens is 1. The van der Waals surface area contributed by atoms with Gasteiger partial charge >= 0.3 is 4.87 Å². The first-order chi connectivity index (χ1) is 8.13. The van der Waals surface area contributed by atoms with E-state index >= 15 is 0 Å². The number of fused-ring (bicyclic) bond motifs is 1. The van der Waals surface area contributed by atoms with Crippen molar-refractivity contribution in [3.63, 3.8) is 0 Å². The van der Waals surface area contributed by atoms with E-state index in [0.29, 0.717) is 0 Å². The van der Waals surface area contributed by atoms with Gasteiger partial charge in [0.05, 0.1) is 13.2 Å². The molecule has 0 saturated heterocycles. The summed E-state index contributed by atoms with van der Waals surface area (Å²) >= 11 is 0.775. The van der Waals surface area contributed by atoms with Crippen LogP contribution in [0.5, 0.6) is 0 Å². The van der Waals surface area contributed by atoms with Crippen molar-refractivity contribution in [2.45, 2.75) is 6.73 Å². The van der Waals surface area contributed by atoms with E-state index in [1.807, 2.05) is 0 Å². The first kappa shape index (κ1) is 11.8. The highest BCUT2D eigenvalue weighted by molar-refractivity contribution is 7.16. The Morgan fingerprint density at radius 2 is 2.29 bits per heavy atom. The fourth-order valence-corrected chi connectivity index (χ4v) is 2.12. The zero-order chi connectivity index (χ0) is 12.4. The highest BCUT2D eigenvalue weighted by Crippen LogP contribution is 2.10. The van der Waals surface area contributed by atoms with Crippen molar-refractivity contribution in [1.82, 2.24) is 14.5 Å². The summed E-state index contributed by atoms with van der Waals surface area (Å²) in [6.07, 6.45) is 0. The molecule has 0 aliphatic heterocycles. The van der Waals surface area contributed by atoms with E-state index in [1.165, 1.54) is 4.57 Å². The molecule has 0 amide bonds. The summed E-state index contributed by atoms with van der Waals surface area (Å²) in [5.74, 6) is -0.0591. The van der Waals surface area contributed by atoms with Crippen LogP contribution in [-0.2, 0) is 11.5 Å². The third-order valence-electron chi connectivity index (χ3n) is 2.00. The molecule has 17 heavy (non-hydrogen) atoms. The average Bonchev–Trinajstić information content (AvgIpc) is 2.57. The number of nitrogens with one attached hydrogen (secondary N) is 1. The van der Waals surface area contributed by atoms with Crippen molar-refractivity contribution in [3.05, 3.63) is 20.0 Å². The molecule has 0 spiro atoms. The van der Waals surface area contributed by atoms with Gasteiger partial charge in [-0.25, -0.2) is 0 Å². The highest BCUT2D eigenvalue weighted by Gasteiger charge is 2.12. The molecular formula is C8H10N4O4S. The lowest BCUT2D eigenvalue weighted by atomic mass is 10.6. The standard InChI is InChI=1S/C8H10N4O4S/c9-7-10-5-4(6(14)11-7)17-8(15)12(5)3-16-2-1-13/h13H,1-3H2,(H3,9,10,11,14). The molecule has 2 heterocycles. The maximum absolute atomic E-state index is 11.6. The molecule has 0 bridgehead atoms. The third-order valence-corrected chi connectivity index (χ3v) is 2.97. The van der Waals surface area contributed by atoms with Crippen molar-refractivity contribution >= 4 is 27.6 Å². The number of aliphatic hydroxyl groups excluding tert-OH is 1. The molecule has 0 radical (unpaired) electrons. The Balaban J connectivity index is 2.51. The van der Waals surface area contributed by atoms with Gasteiger partial charge in [0, 0.05) is 0 Å². The van der Waals surface area contributed by atoms with Gasteiger partial charge in [-0.2, -0.15) is 4.98 Å². The Kier molecular flexibility index (Phi) is 3.22. The Bertz CT molecular complexity index is 643. The summed E-state index contributed by atoms with van der Waals surface area (Å²) in [7, 11) is 0. The van der Waals surface area contributed by atoms with Gasteiger partial charge in [-0.3, -0.25) is 19.1 Å². The highest BCUT2D eigenvalue weighted by atomic mass is 32.1. The van der Waals surface area contributed by atoms with Crippen molar-refractivity contribution in [2.75, 3.05) is 18.9 Å². The number of aromatic amines is 1. The second-order valence-electron chi connectivity index (χ2n) is 3.16. The van der Waals surface area contributed by atoms with Gasteiger partial charge in [0.2, 0.25) is 5.95 Å². The number of thiazole rings is 1. The van der Waals surface area contributed by atoms with Crippen LogP contribution in [0.3, 0.4) is 0 Å². The lowest BCUT2D eigenvalue weighted by Crippen LogP contribution is -2.18. The molecule has 92 valence electrons. The smallest absolute Gasteiger partial charge is 0.311 e. The van der Waals surface area contributed by atoms with Crippen molar-refractivity contribution < 1.29 is 9.84 Å². The molecule has 4 N–H and O–H groups in total. The Morgan fingerprint density at radius 1 is 1.53 bits per heavy atom. The first-order valence-corrected chi connectivity index (χ1v) is 5.53. The molecule has 0 aromatic carbocycles. The lowest BCUT2D eigenvalue weighted by molar-refractivity contribution is 0.0491. The van der Waals surface area contributed by atoms with E-state index in [1.54, 1.807) is 0 Å². The SMILES string of the molecule is Nc1nc2c(sc(=O)n2COCCO)c(=O)[nH]1. The molecule has 8 nitrogen and oxygen atoms in total. The van der Waals surface area contributed by atoms with E-state index in [-0.39, 0.29) is 41.1 Å². The predicted molar refractivity (Wildman–Crippen MR) is 62.0 cm³/mol. The summed E-state index contributed by atoms with van der Waals surface area (Å²) in [5.41, 5.74) is 5.14. The summed E-state index contributed by atoms with van der Waals surface area (Å²) in [6, 6.07) is 0. The van der Waals surface area contributed by atoms with Gasteiger partial charge < -0.3 is 15.6 Å². The fourth-order valence-electron chi connectivity index (χ4n) is 1.31. The lowest BCUT2D eigenvalue weighted by Gasteiger charge is -2.03. The van der Waals surface area contributed by atoms with Gasteiger partial charge in [0.25, 0.3) is 5.56 Å².